The van der Waals surface area contributed by atoms with Crippen molar-refractivity contribution in [1.82, 2.24) is 9.80 Å². The molecule has 1 atom stereocenters. The van der Waals surface area contributed by atoms with E-state index in [1.165, 1.54) is 14.1 Å². The Labute approximate surface area is 74.7 Å². The zero-order valence-corrected chi connectivity index (χ0v) is 7.35. The standard InChI is InChI=1S/C7H10N2O4/c1-8-4(3-5(10)11)6(12)9(2)7(8)13/h4H,3H2,1-2H3,(H,10,11). The first kappa shape index (κ1) is 9.50. The van der Waals surface area contributed by atoms with Crippen LogP contribution in [0.25, 0.3) is 0 Å². The van der Waals surface area contributed by atoms with Crippen molar-refractivity contribution in [2.45, 2.75) is 12.5 Å². The van der Waals surface area contributed by atoms with Gasteiger partial charge in [0.1, 0.15) is 6.04 Å². The summed E-state index contributed by atoms with van der Waals surface area (Å²) in [5.41, 5.74) is 0. The van der Waals surface area contributed by atoms with Gasteiger partial charge >= 0.3 is 12.0 Å². The van der Waals surface area contributed by atoms with Crippen LogP contribution in [0.4, 0.5) is 4.79 Å². The lowest BCUT2D eigenvalue weighted by atomic mass is 10.2. The molecule has 0 radical (unpaired) electrons. The van der Waals surface area contributed by atoms with Gasteiger partial charge in [-0.1, -0.05) is 0 Å². The smallest absolute Gasteiger partial charge is 0.326 e. The molecule has 0 saturated carbocycles. The number of hydrogen-bond acceptors (Lipinski definition) is 3. The first-order chi connectivity index (χ1) is 5.95. The van der Waals surface area contributed by atoms with E-state index in [2.05, 4.69) is 0 Å². The van der Waals surface area contributed by atoms with Crippen LogP contribution < -0.4 is 0 Å². The van der Waals surface area contributed by atoms with Gasteiger partial charge in [0.25, 0.3) is 5.91 Å². The van der Waals surface area contributed by atoms with Crippen LogP contribution in [0.3, 0.4) is 0 Å². The maximum Gasteiger partial charge on any atom is 0.326 e. The number of hydrogen-bond donors (Lipinski definition) is 1. The Morgan fingerprint density at radius 1 is 1.46 bits per heavy atom. The molecule has 0 aliphatic carbocycles. The van der Waals surface area contributed by atoms with Crippen molar-refractivity contribution in [3.8, 4) is 0 Å². The summed E-state index contributed by atoms with van der Waals surface area (Å²) in [4.78, 5) is 34.8. The van der Waals surface area contributed by atoms with Gasteiger partial charge in [-0.25, -0.2) is 4.79 Å². The topological polar surface area (TPSA) is 77.9 Å². The molecule has 1 aliphatic rings. The lowest BCUT2D eigenvalue weighted by molar-refractivity contribution is -0.141. The van der Waals surface area contributed by atoms with Crippen molar-refractivity contribution in [3.05, 3.63) is 0 Å². The van der Waals surface area contributed by atoms with Crippen molar-refractivity contribution < 1.29 is 19.5 Å². The zero-order valence-electron chi connectivity index (χ0n) is 7.35. The lowest BCUT2D eigenvalue weighted by Gasteiger charge is -2.13. The summed E-state index contributed by atoms with van der Waals surface area (Å²) >= 11 is 0. The fourth-order valence-electron chi connectivity index (χ4n) is 1.24. The van der Waals surface area contributed by atoms with Gasteiger partial charge in [0, 0.05) is 14.1 Å². The van der Waals surface area contributed by atoms with E-state index in [9.17, 15) is 14.4 Å². The molecule has 6 nitrogen and oxygen atoms in total. The number of carbonyl (C=O) groups is 3. The van der Waals surface area contributed by atoms with E-state index in [0.717, 1.165) is 9.80 Å². The molecule has 0 aromatic heterocycles. The molecule has 13 heavy (non-hydrogen) atoms. The van der Waals surface area contributed by atoms with E-state index in [1.54, 1.807) is 0 Å². The predicted octanol–water partition coefficient (Wildman–Crippen LogP) is -0.646. The summed E-state index contributed by atoms with van der Waals surface area (Å²) in [5, 5.41) is 8.47. The number of likely N-dealkylation sites (N-methyl/N-ethyl adjacent to an activating group) is 2. The third-order valence-corrected chi connectivity index (χ3v) is 2.04. The lowest BCUT2D eigenvalue weighted by Crippen LogP contribution is -2.33. The molecule has 1 rings (SSSR count). The molecular formula is C7H10N2O4. The Morgan fingerprint density at radius 2 is 2.00 bits per heavy atom. The number of aliphatic carboxylic acids is 1. The van der Waals surface area contributed by atoms with E-state index >= 15 is 0 Å². The highest BCUT2D eigenvalue weighted by Crippen LogP contribution is 2.16. The van der Waals surface area contributed by atoms with Gasteiger partial charge < -0.3 is 10.0 Å². The molecule has 0 spiro atoms. The van der Waals surface area contributed by atoms with Crippen LogP contribution in [-0.4, -0.2) is 53.0 Å². The first-order valence-electron chi connectivity index (χ1n) is 3.71. The van der Waals surface area contributed by atoms with E-state index < -0.39 is 23.9 Å². The fourth-order valence-corrected chi connectivity index (χ4v) is 1.24. The van der Waals surface area contributed by atoms with Gasteiger partial charge in [-0.15, -0.1) is 0 Å². The minimum atomic E-state index is -1.09. The minimum absolute atomic E-state index is 0.342. The molecule has 6 heteroatoms. The largest absolute Gasteiger partial charge is 0.481 e. The van der Waals surface area contributed by atoms with Gasteiger partial charge in [-0.05, 0) is 0 Å². The number of amides is 3. The van der Waals surface area contributed by atoms with Gasteiger partial charge in [0.05, 0.1) is 6.42 Å². The van der Waals surface area contributed by atoms with Crippen LogP contribution in [0.2, 0.25) is 0 Å². The van der Waals surface area contributed by atoms with Crippen molar-refractivity contribution >= 4 is 17.9 Å². The molecular weight excluding hydrogens is 176 g/mol. The molecule has 1 heterocycles. The quantitative estimate of drug-likeness (QED) is 0.581. The number of carboxylic acids is 1. The van der Waals surface area contributed by atoms with Crippen LogP contribution >= 0.6 is 0 Å². The molecule has 1 saturated heterocycles. The van der Waals surface area contributed by atoms with Gasteiger partial charge in [-0.3, -0.25) is 14.5 Å². The van der Waals surface area contributed by atoms with Crippen molar-refractivity contribution in [3.63, 3.8) is 0 Å². The number of carboxylic acid groups (broad SMARTS) is 1. The van der Waals surface area contributed by atoms with Crippen molar-refractivity contribution in [1.29, 1.82) is 0 Å². The van der Waals surface area contributed by atoms with E-state index in [-0.39, 0.29) is 6.42 Å². The first-order valence-corrected chi connectivity index (χ1v) is 3.71. The highest BCUT2D eigenvalue weighted by molar-refractivity contribution is 6.04. The maximum atomic E-state index is 11.3. The molecule has 0 bridgehead atoms. The van der Waals surface area contributed by atoms with Gasteiger partial charge in [0.15, 0.2) is 0 Å². The summed E-state index contributed by atoms with van der Waals surface area (Å²) in [6.45, 7) is 0. The van der Waals surface area contributed by atoms with E-state index in [1.807, 2.05) is 0 Å². The Balaban J connectivity index is 2.81. The molecule has 1 aliphatic heterocycles. The van der Waals surface area contributed by atoms with Crippen LogP contribution in [0.1, 0.15) is 6.42 Å². The molecule has 1 unspecified atom stereocenters. The summed E-state index contributed by atoms with van der Waals surface area (Å²) in [5.74, 6) is -1.55. The zero-order chi connectivity index (χ0) is 10.2. The summed E-state index contributed by atoms with van der Waals surface area (Å²) < 4.78 is 0. The molecule has 72 valence electrons. The second kappa shape index (κ2) is 3.04. The van der Waals surface area contributed by atoms with E-state index in [4.69, 9.17) is 5.11 Å². The number of carbonyl (C=O) groups excluding carboxylic acids is 2. The predicted molar refractivity (Wildman–Crippen MR) is 42.0 cm³/mol. The Kier molecular flexibility index (Phi) is 2.22. The van der Waals surface area contributed by atoms with Crippen LogP contribution in [0, 0.1) is 0 Å². The number of imide groups is 1. The summed E-state index contributed by atoms with van der Waals surface area (Å²) in [7, 11) is 2.75. The molecule has 0 aromatic rings. The summed E-state index contributed by atoms with van der Waals surface area (Å²) in [6, 6.07) is -1.31. The molecule has 3 amide bonds. The van der Waals surface area contributed by atoms with Crippen molar-refractivity contribution in [2.75, 3.05) is 14.1 Å². The second-order valence-corrected chi connectivity index (χ2v) is 2.90. The maximum absolute atomic E-state index is 11.3. The number of urea groups is 1. The average molecular weight is 186 g/mol. The average Bonchev–Trinajstić information content (AvgIpc) is 2.22. The second-order valence-electron chi connectivity index (χ2n) is 2.90. The minimum Gasteiger partial charge on any atom is -0.481 e. The highest BCUT2D eigenvalue weighted by atomic mass is 16.4. The summed E-state index contributed by atoms with van der Waals surface area (Å²) in [6.07, 6.45) is -0.342. The van der Waals surface area contributed by atoms with Gasteiger partial charge in [0.2, 0.25) is 0 Å². The number of nitrogens with zero attached hydrogens (tertiary/aromatic N) is 2. The molecule has 1 fully saturated rings. The van der Waals surface area contributed by atoms with Gasteiger partial charge in [-0.2, -0.15) is 0 Å². The number of rotatable bonds is 2. The Bertz CT molecular complexity index is 276. The molecule has 0 aromatic carbocycles. The normalized spacial score (nSPS) is 22.8. The Morgan fingerprint density at radius 3 is 2.31 bits per heavy atom. The van der Waals surface area contributed by atoms with Crippen LogP contribution in [-0.2, 0) is 9.59 Å². The van der Waals surface area contributed by atoms with Crippen LogP contribution in [0.5, 0.6) is 0 Å². The van der Waals surface area contributed by atoms with Crippen LogP contribution in [0.15, 0.2) is 0 Å². The molecule has 1 N–H and O–H groups in total. The SMILES string of the molecule is CN1C(=O)C(CC(=O)O)N(C)C1=O. The monoisotopic (exact) mass is 186 g/mol. The fraction of sp³-hybridized carbons (Fsp3) is 0.571. The van der Waals surface area contributed by atoms with Crippen molar-refractivity contribution in [2.24, 2.45) is 0 Å². The third kappa shape index (κ3) is 1.47. The van der Waals surface area contributed by atoms with E-state index in [0.29, 0.717) is 0 Å². The highest BCUT2D eigenvalue weighted by Gasteiger charge is 2.41. The Hall–Kier alpha value is -1.59. The third-order valence-electron chi connectivity index (χ3n) is 2.04.